The number of nitrogens with one attached hydrogen (secondary N) is 1. The number of halogens is 2. The normalized spacial score (nSPS) is 11.2. The first-order chi connectivity index (χ1) is 12.3. The zero-order chi connectivity index (χ0) is 19.3. The summed E-state index contributed by atoms with van der Waals surface area (Å²) in [5, 5.41) is 13.3. The molecule has 138 valence electrons. The topological polar surface area (TPSA) is 70.9 Å². The lowest BCUT2D eigenvalue weighted by atomic mass is 10.2. The molecular formula is C19H20Br2N2O3. The summed E-state index contributed by atoms with van der Waals surface area (Å²) in [6.45, 7) is 5.96. The van der Waals surface area contributed by atoms with Gasteiger partial charge in [-0.25, -0.2) is 0 Å². The largest absolute Gasteiger partial charge is 0.504 e. The summed E-state index contributed by atoms with van der Waals surface area (Å²) in [7, 11) is 0. The van der Waals surface area contributed by atoms with E-state index in [2.05, 4.69) is 42.2 Å². The second kappa shape index (κ2) is 9.19. The van der Waals surface area contributed by atoms with E-state index < -0.39 is 0 Å². The fourth-order valence-electron chi connectivity index (χ4n) is 2.09. The van der Waals surface area contributed by atoms with Gasteiger partial charge in [0.25, 0.3) is 0 Å². The van der Waals surface area contributed by atoms with E-state index in [9.17, 15) is 9.90 Å². The first-order valence-corrected chi connectivity index (χ1v) is 9.70. The molecular weight excluding hydrogens is 464 g/mol. The van der Waals surface area contributed by atoms with Gasteiger partial charge in [0.05, 0.1) is 17.9 Å². The van der Waals surface area contributed by atoms with Crippen molar-refractivity contribution in [2.45, 2.75) is 20.8 Å². The molecule has 2 aromatic rings. The number of nitrogens with zero attached hydrogens (tertiary/aromatic N) is 1. The second-order valence-electron chi connectivity index (χ2n) is 5.82. The Morgan fingerprint density at radius 1 is 1.35 bits per heavy atom. The van der Waals surface area contributed by atoms with Crippen molar-refractivity contribution in [2.24, 2.45) is 10.9 Å². The van der Waals surface area contributed by atoms with Crippen molar-refractivity contribution >= 4 is 55.4 Å². The summed E-state index contributed by atoms with van der Waals surface area (Å²) in [5.41, 5.74) is 1.82. The molecule has 2 rings (SSSR count). The summed E-state index contributed by atoms with van der Waals surface area (Å²) in [6.07, 6.45) is 1.55. The second-order valence-corrected chi connectivity index (χ2v) is 7.47. The van der Waals surface area contributed by atoms with Crippen molar-refractivity contribution in [3.8, 4) is 11.5 Å². The van der Waals surface area contributed by atoms with Crippen molar-refractivity contribution in [2.75, 3.05) is 11.9 Å². The minimum Gasteiger partial charge on any atom is -0.504 e. The average molecular weight is 484 g/mol. The Morgan fingerprint density at radius 2 is 2.08 bits per heavy atom. The molecule has 0 saturated heterocycles. The van der Waals surface area contributed by atoms with E-state index >= 15 is 0 Å². The number of rotatable bonds is 6. The van der Waals surface area contributed by atoms with Crippen molar-refractivity contribution in [1.82, 2.24) is 0 Å². The number of ether oxygens (including phenoxy) is 1. The molecule has 26 heavy (non-hydrogen) atoms. The number of hydrogen-bond donors (Lipinski definition) is 2. The lowest BCUT2D eigenvalue weighted by Crippen LogP contribution is -2.17. The number of benzene rings is 2. The van der Waals surface area contributed by atoms with Crippen molar-refractivity contribution in [3.63, 3.8) is 0 Å². The van der Waals surface area contributed by atoms with Crippen LogP contribution in [0, 0.1) is 5.92 Å². The number of carbonyl (C=O) groups excluding carboxylic acids is 1. The van der Waals surface area contributed by atoms with Crippen LogP contribution < -0.4 is 10.1 Å². The van der Waals surface area contributed by atoms with Crippen LogP contribution in [0.5, 0.6) is 11.5 Å². The van der Waals surface area contributed by atoms with Gasteiger partial charge >= 0.3 is 0 Å². The fraction of sp³-hybridized carbons (Fsp3) is 0.263. The van der Waals surface area contributed by atoms with Crippen LogP contribution in [0.15, 0.2) is 44.3 Å². The molecule has 0 aromatic heterocycles. The van der Waals surface area contributed by atoms with Gasteiger partial charge in [-0.3, -0.25) is 9.79 Å². The Balaban J connectivity index is 2.31. The molecule has 2 aromatic carbocycles. The van der Waals surface area contributed by atoms with Crippen molar-refractivity contribution < 1.29 is 14.6 Å². The van der Waals surface area contributed by atoms with Crippen molar-refractivity contribution in [1.29, 1.82) is 0 Å². The standard InChI is InChI=1S/C19H20Br2N2O3/c1-4-26-16-9-15(20)17(21)14(18(16)24)10-22-12-6-5-7-13(8-12)23-19(25)11(2)3/h5-11,24H,4H2,1-3H3,(H,23,25). The molecule has 7 heteroatoms. The molecule has 0 saturated carbocycles. The van der Waals surface area contributed by atoms with E-state index in [0.717, 1.165) is 4.47 Å². The first-order valence-electron chi connectivity index (χ1n) is 8.12. The maximum absolute atomic E-state index is 11.8. The average Bonchev–Trinajstić information content (AvgIpc) is 2.60. The number of carbonyl (C=O) groups is 1. The number of anilines is 1. The molecule has 0 fully saturated rings. The summed E-state index contributed by atoms with van der Waals surface area (Å²) in [5.74, 6) is 0.227. The van der Waals surface area contributed by atoms with Crippen LogP contribution in [0.1, 0.15) is 26.3 Å². The number of phenolic OH excluding ortho intramolecular Hbond substituents is 1. The van der Waals surface area contributed by atoms with Crippen molar-refractivity contribution in [3.05, 3.63) is 44.8 Å². The van der Waals surface area contributed by atoms with Crippen LogP contribution >= 0.6 is 31.9 Å². The Morgan fingerprint density at radius 3 is 2.73 bits per heavy atom. The van der Waals surface area contributed by atoms with E-state index in [0.29, 0.717) is 33.8 Å². The molecule has 0 aliphatic carbocycles. The van der Waals surface area contributed by atoms with Gasteiger partial charge in [0.2, 0.25) is 5.91 Å². The van der Waals surface area contributed by atoms with E-state index in [-0.39, 0.29) is 17.6 Å². The van der Waals surface area contributed by atoms with E-state index in [4.69, 9.17) is 4.74 Å². The quantitative estimate of drug-likeness (QED) is 0.520. The molecule has 5 nitrogen and oxygen atoms in total. The number of aliphatic imine (C=N–C) groups is 1. The Kier molecular flexibility index (Phi) is 7.23. The summed E-state index contributed by atoms with van der Waals surface area (Å²) >= 11 is 6.87. The van der Waals surface area contributed by atoms with E-state index in [1.165, 1.54) is 0 Å². The van der Waals surface area contributed by atoms with E-state index in [1.807, 2.05) is 32.9 Å². The molecule has 0 aliphatic heterocycles. The van der Waals surface area contributed by atoms with Gasteiger partial charge in [-0.1, -0.05) is 19.9 Å². The molecule has 0 radical (unpaired) electrons. The predicted octanol–water partition coefficient (Wildman–Crippen LogP) is 5.66. The predicted molar refractivity (Wildman–Crippen MR) is 112 cm³/mol. The van der Waals surface area contributed by atoms with Crippen LogP contribution in [0.3, 0.4) is 0 Å². The number of aromatic hydroxyl groups is 1. The van der Waals surface area contributed by atoms with Gasteiger partial charge in [-0.15, -0.1) is 0 Å². The van der Waals surface area contributed by atoms with Gasteiger partial charge in [0.15, 0.2) is 11.5 Å². The highest BCUT2D eigenvalue weighted by atomic mass is 79.9. The summed E-state index contributed by atoms with van der Waals surface area (Å²) < 4.78 is 6.86. The smallest absolute Gasteiger partial charge is 0.226 e. The Bertz CT molecular complexity index is 836. The Labute approximate surface area is 169 Å². The first kappa shape index (κ1) is 20.5. The number of phenols is 1. The van der Waals surface area contributed by atoms with Gasteiger partial charge < -0.3 is 15.2 Å². The van der Waals surface area contributed by atoms with Gasteiger partial charge in [0.1, 0.15) is 0 Å². The Hall–Kier alpha value is -1.86. The van der Waals surface area contributed by atoms with Gasteiger partial charge in [-0.05, 0) is 63.0 Å². The number of amides is 1. The molecule has 0 bridgehead atoms. The highest BCUT2D eigenvalue weighted by Crippen LogP contribution is 2.40. The molecule has 0 unspecified atom stereocenters. The zero-order valence-electron chi connectivity index (χ0n) is 14.7. The minimum absolute atomic E-state index is 0.00920. The molecule has 2 N–H and O–H groups in total. The molecule has 0 atom stereocenters. The monoisotopic (exact) mass is 482 g/mol. The molecule has 1 amide bonds. The fourth-order valence-corrected chi connectivity index (χ4v) is 2.91. The van der Waals surface area contributed by atoms with Crippen LogP contribution in [0.2, 0.25) is 0 Å². The molecule has 0 aliphatic rings. The summed E-state index contributed by atoms with van der Waals surface area (Å²) in [6, 6.07) is 8.89. The van der Waals surface area contributed by atoms with Gasteiger partial charge in [-0.2, -0.15) is 0 Å². The molecule has 0 spiro atoms. The van der Waals surface area contributed by atoms with Crippen LogP contribution in [0.25, 0.3) is 0 Å². The lowest BCUT2D eigenvalue weighted by molar-refractivity contribution is -0.118. The third-order valence-corrected chi connectivity index (χ3v) is 5.48. The molecule has 0 heterocycles. The van der Waals surface area contributed by atoms with E-state index in [1.54, 1.807) is 24.4 Å². The van der Waals surface area contributed by atoms with Crippen LogP contribution in [0.4, 0.5) is 11.4 Å². The SMILES string of the molecule is CCOc1cc(Br)c(Br)c(C=Nc2cccc(NC(=O)C(C)C)c2)c1O. The highest BCUT2D eigenvalue weighted by Gasteiger charge is 2.14. The number of hydrogen-bond acceptors (Lipinski definition) is 4. The van der Waals surface area contributed by atoms with Crippen LogP contribution in [-0.4, -0.2) is 23.8 Å². The van der Waals surface area contributed by atoms with Crippen LogP contribution in [-0.2, 0) is 4.79 Å². The maximum Gasteiger partial charge on any atom is 0.226 e. The highest BCUT2D eigenvalue weighted by molar-refractivity contribution is 9.13. The third kappa shape index (κ3) is 5.08. The van der Waals surface area contributed by atoms with Gasteiger partial charge in [0, 0.05) is 26.8 Å². The minimum atomic E-state index is -0.103. The lowest BCUT2D eigenvalue weighted by Gasteiger charge is -2.11. The maximum atomic E-state index is 11.8. The third-order valence-electron chi connectivity index (χ3n) is 3.47. The summed E-state index contributed by atoms with van der Waals surface area (Å²) in [4.78, 5) is 16.2. The zero-order valence-corrected chi connectivity index (χ0v) is 17.9.